The summed E-state index contributed by atoms with van der Waals surface area (Å²) in [5.41, 5.74) is 6.38. The van der Waals surface area contributed by atoms with E-state index in [4.69, 9.17) is 10.7 Å². The zero-order chi connectivity index (χ0) is 21.8. The molecular weight excluding hydrogens is 384 g/mol. The minimum atomic E-state index is -0.549. The number of anilines is 1. The van der Waals surface area contributed by atoms with Crippen molar-refractivity contribution in [2.75, 3.05) is 24.5 Å². The first kappa shape index (κ1) is 21.0. The van der Waals surface area contributed by atoms with Crippen LogP contribution >= 0.6 is 0 Å². The van der Waals surface area contributed by atoms with Crippen LogP contribution in [0.15, 0.2) is 28.7 Å². The van der Waals surface area contributed by atoms with E-state index in [1.165, 1.54) is 10.5 Å². The molecule has 1 aliphatic heterocycles. The number of aryl methyl sites for hydroxylation is 1. The Hall–Kier alpha value is -3.67. The number of hydrogen-bond donors (Lipinski definition) is 2. The van der Waals surface area contributed by atoms with E-state index in [1.54, 1.807) is 19.2 Å². The minimum absolute atomic E-state index is 0.165. The molecule has 0 atom stereocenters. The van der Waals surface area contributed by atoms with Crippen LogP contribution in [0, 0.1) is 24.2 Å². The van der Waals surface area contributed by atoms with Gasteiger partial charge in [0, 0.05) is 31.7 Å². The number of carbonyl (C=O) groups is 2. The first-order valence-electron chi connectivity index (χ1n) is 9.83. The molecule has 0 bridgehead atoms. The minimum Gasteiger partial charge on any atom is -0.369 e. The summed E-state index contributed by atoms with van der Waals surface area (Å²) in [4.78, 5) is 43.6. The second kappa shape index (κ2) is 8.78. The molecule has 9 nitrogen and oxygen atoms in total. The molecule has 9 heteroatoms. The first-order chi connectivity index (χ1) is 14.4. The third kappa shape index (κ3) is 4.03. The molecule has 2 amide bonds. The van der Waals surface area contributed by atoms with Crippen molar-refractivity contribution in [3.8, 4) is 6.07 Å². The summed E-state index contributed by atoms with van der Waals surface area (Å²) in [7, 11) is 0. The number of pyridine rings is 1. The Labute approximate surface area is 173 Å². The van der Waals surface area contributed by atoms with Gasteiger partial charge in [0.05, 0.1) is 5.56 Å². The third-order valence-electron chi connectivity index (χ3n) is 5.25. The number of amides is 2. The van der Waals surface area contributed by atoms with Gasteiger partial charge in [0.2, 0.25) is 5.91 Å². The van der Waals surface area contributed by atoms with Gasteiger partial charge in [-0.25, -0.2) is 4.98 Å². The van der Waals surface area contributed by atoms with E-state index in [9.17, 15) is 19.6 Å². The van der Waals surface area contributed by atoms with Crippen LogP contribution in [0.5, 0.6) is 0 Å². The van der Waals surface area contributed by atoms with E-state index in [2.05, 4.69) is 5.32 Å². The topological polar surface area (TPSA) is 134 Å². The van der Waals surface area contributed by atoms with E-state index < -0.39 is 5.91 Å². The molecule has 3 rings (SSSR count). The summed E-state index contributed by atoms with van der Waals surface area (Å²) in [6, 6.07) is 5.47. The number of piperidine rings is 1. The Balaban J connectivity index is 2.17. The number of nitrogens with zero attached hydrogens (tertiary/aromatic N) is 4. The zero-order valence-corrected chi connectivity index (χ0v) is 17.0. The SMILES string of the molecule is CCNC(=O)/C(C#N)=C/c1c(N2CCC(C(N)=O)CC2)nc2c(C)cccn2c1=O. The van der Waals surface area contributed by atoms with Crippen LogP contribution in [0.4, 0.5) is 5.82 Å². The molecule has 0 saturated carbocycles. The van der Waals surface area contributed by atoms with Gasteiger partial charge >= 0.3 is 0 Å². The van der Waals surface area contributed by atoms with Gasteiger partial charge in [0.15, 0.2) is 0 Å². The van der Waals surface area contributed by atoms with Crippen molar-refractivity contribution in [1.29, 1.82) is 5.26 Å². The van der Waals surface area contributed by atoms with Crippen LogP contribution in [0.2, 0.25) is 0 Å². The summed E-state index contributed by atoms with van der Waals surface area (Å²) in [5, 5.41) is 12.0. The molecule has 156 valence electrons. The summed E-state index contributed by atoms with van der Waals surface area (Å²) >= 11 is 0. The number of primary amides is 1. The number of rotatable bonds is 5. The molecule has 0 aliphatic carbocycles. The van der Waals surface area contributed by atoms with Gasteiger partial charge in [-0.1, -0.05) is 6.07 Å². The lowest BCUT2D eigenvalue weighted by Gasteiger charge is -2.32. The lowest BCUT2D eigenvalue weighted by molar-refractivity contribution is -0.122. The number of fused-ring (bicyclic) bond motifs is 1. The van der Waals surface area contributed by atoms with Crippen LogP contribution in [0.25, 0.3) is 11.7 Å². The Bertz CT molecular complexity index is 1120. The van der Waals surface area contributed by atoms with Crippen molar-refractivity contribution >= 4 is 29.4 Å². The number of nitrogens with one attached hydrogen (secondary N) is 1. The van der Waals surface area contributed by atoms with Crippen molar-refractivity contribution in [2.24, 2.45) is 11.7 Å². The van der Waals surface area contributed by atoms with Gasteiger partial charge in [-0.15, -0.1) is 0 Å². The van der Waals surface area contributed by atoms with Crippen LogP contribution in [-0.4, -0.2) is 40.8 Å². The summed E-state index contributed by atoms with van der Waals surface area (Å²) in [5.74, 6) is -0.699. The Morgan fingerprint density at radius 1 is 1.40 bits per heavy atom. The third-order valence-corrected chi connectivity index (χ3v) is 5.25. The smallest absolute Gasteiger partial charge is 0.267 e. The second-order valence-corrected chi connectivity index (χ2v) is 7.23. The van der Waals surface area contributed by atoms with Crippen molar-refractivity contribution in [3.05, 3.63) is 45.4 Å². The molecule has 2 aromatic rings. The molecule has 0 radical (unpaired) electrons. The fraction of sp³-hybridized carbons (Fsp3) is 0.381. The number of hydrogen-bond acceptors (Lipinski definition) is 6. The Morgan fingerprint density at radius 3 is 2.70 bits per heavy atom. The molecule has 1 aliphatic rings. The average molecular weight is 408 g/mol. The molecule has 3 heterocycles. The van der Waals surface area contributed by atoms with Crippen LogP contribution < -0.4 is 21.5 Å². The average Bonchev–Trinajstić information content (AvgIpc) is 2.73. The quantitative estimate of drug-likeness (QED) is 0.554. The highest BCUT2D eigenvalue weighted by molar-refractivity contribution is 6.02. The van der Waals surface area contributed by atoms with E-state index in [0.29, 0.717) is 43.9 Å². The number of nitrogens with two attached hydrogens (primary N) is 1. The fourth-order valence-corrected chi connectivity index (χ4v) is 3.59. The van der Waals surface area contributed by atoms with Gasteiger partial charge in [0.1, 0.15) is 23.1 Å². The molecule has 0 unspecified atom stereocenters. The van der Waals surface area contributed by atoms with E-state index in [-0.39, 0.29) is 28.5 Å². The highest BCUT2D eigenvalue weighted by atomic mass is 16.2. The zero-order valence-electron chi connectivity index (χ0n) is 17.0. The van der Waals surface area contributed by atoms with Crippen LogP contribution in [-0.2, 0) is 9.59 Å². The lowest BCUT2D eigenvalue weighted by atomic mass is 9.96. The van der Waals surface area contributed by atoms with Gasteiger partial charge in [0.25, 0.3) is 11.5 Å². The van der Waals surface area contributed by atoms with Crippen molar-refractivity contribution in [1.82, 2.24) is 14.7 Å². The largest absolute Gasteiger partial charge is 0.369 e. The summed E-state index contributed by atoms with van der Waals surface area (Å²) in [6.07, 6.45) is 4.00. The monoisotopic (exact) mass is 408 g/mol. The first-order valence-corrected chi connectivity index (χ1v) is 9.83. The highest BCUT2D eigenvalue weighted by Gasteiger charge is 2.27. The number of carbonyl (C=O) groups excluding carboxylic acids is 2. The van der Waals surface area contributed by atoms with Crippen molar-refractivity contribution in [3.63, 3.8) is 0 Å². The normalized spacial score (nSPS) is 15.1. The maximum Gasteiger partial charge on any atom is 0.267 e. The molecule has 1 fully saturated rings. The molecular formula is C21H24N6O3. The summed E-state index contributed by atoms with van der Waals surface area (Å²) < 4.78 is 1.41. The van der Waals surface area contributed by atoms with Crippen LogP contribution in [0.1, 0.15) is 30.9 Å². The number of likely N-dealkylation sites (N-methyl/N-ethyl adjacent to an activating group) is 1. The summed E-state index contributed by atoms with van der Waals surface area (Å²) in [6.45, 7) is 4.95. The van der Waals surface area contributed by atoms with E-state index in [0.717, 1.165) is 5.56 Å². The van der Waals surface area contributed by atoms with Crippen molar-refractivity contribution < 1.29 is 9.59 Å². The second-order valence-electron chi connectivity index (χ2n) is 7.23. The number of aromatic nitrogens is 2. The molecule has 2 aromatic heterocycles. The lowest BCUT2D eigenvalue weighted by Crippen LogP contribution is -2.40. The predicted molar refractivity (Wildman–Crippen MR) is 113 cm³/mol. The standard InChI is InChI=1S/C21H24N6O3/c1-3-24-20(29)15(12-22)11-16-19(26-9-6-14(7-10-26)17(23)28)25-18-13(2)5-4-8-27(18)21(16)30/h4-5,8,11,14H,3,6-7,9-10H2,1-2H3,(H2,23,28)(H,24,29)/b15-11+. The van der Waals surface area contributed by atoms with Crippen LogP contribution in [0.3, 0.4) is 0 Å². The molecule has 30 heavy (non-hydrogen) atoms. The Morgan fingerprint density at radius 2 is 2.10 bits per heavy atom. The van der Waals surface area contributed by atoms with E-state index in [1.807, 2.05) is 24.0 Å². The molecule has 3 N–H and O–H groups in total. The van der Waals surface area contributed by atoms with Gasteiger partial charge in [-0.3, -0.25) is 18.8 Å². The Kier molecular flexibility index (Phi) is 6.16. The van der Waals surface area contributed by atoms with E-state index >= 15 is 0 Å². The van der Waals surface area contributed by atoms with Crippen molar-refractivity contribution in [2.45, 2.75) is 26.7 Å². The van der Waals surface area contributed by atoms with Gasteiger partial charge < -0.3 is 16.0 Å². The highest BCUT2D eigenvalue weighted by Crippen LogP contribution is 2.26. The fourth-order valence-electron chi connectivity index (χ4n) is 3.59. The maximum atomic E-state index is 13.3. The molecule has 0 spiro atoms. The molecule has 0 aromatic carbocycles. The van der Waals surface area contributed by atoms with Gasteiger partial charge in [-0.2, -0.15) is 5.26 Å². The maximum absolute atomic E-state index is 13.3. The predicted octanol–water partition coefficient (Wildman–Crippen LogP) is 0.748. The molecule has 1 saturated heterocycles. The number of nitriles is 1. The van der Waals surface area contributed by atoms with Gasteiger partial charge in [-0.05, 0) is 44.4 Å².